The van der Waals surface area contributed by atoms with Crippen molar-refractivity contribution >= 4 is 5.91 Å². The number of amides is 1. The smallest absolute Gasteiger partial charge is 0.254 e. The van der Waals surface area contributed by atoms with Crippen LogP contribution < -0.4 is 10.1 Å². The largest absolute Gasteiger partial charge is 0.494 e. The third-order valence-electron chi connectivity index (χ3n) is 4.27. The number of nitrogens with zero attached hydrogens (tertiary/aromatic N) is 1. The first-order chi connectivity index (χ1) is 9.74. The van der Waals surface area contributed by atoms with Gasteiger partial charge in [-0.2, -0.15) is 0 Å². The van der Waals surface area contributed by atoms with Gasteiger partial charge in [0.2, 0.25) is 0 Å². The van der Waals surface area contributed by atoms with E-state index in [9.17, 15) is 4.79 Å². The molecule has 4 nitrogen and oxygen atoms in total. The molecule has 2 aliphatic rings. The van der Waals surface area contributed by atoms with E-state index >= 15 is 0 Å². The highest BCUT2D eigenvalue weighted by molar-refractivity contribution is 5.97. The fraction of sp³-hybridized carbons (Fsp3) is 0.562. The Bertz CT molecular complexity index is 495. The molecule has 1 aromatic carbocycles. The molecule has 1 fully saturated rings. The Morgan fingerprint density at radius 1 is 1.45 bits per heavy atom. The molecule has 3 rings (SSSR count). The average molecular weight is 274 g/mol. The molecule has 1 amide bonds. The molecular formula is C16H22N2O2. The molecule has 1 aromatic rings. The number of likely N-dealkylation sites (N-methyl/N-ethyl adjacent to an activating group) is 1. The van der Waals surface area contributed by atoms with Gasteiger partial charge in [0, 0.05) is 25.2 Å². The highest BCUT2D eigenvalue weighted by Gasteiger charge is 2.22. The van der Waals surface area contributed by atoms with Crippen LogP contribution in [0.1, 0.15) is 35.2 Å². The summed E-state index contributed by atoms with van der Waals surface area (Å²) in [5.74, 6) is 0.916. The van der Waals surface area contributed by atoms with Gasteiger partial charge in [-0.3, -0.25) is 4.79 Å². The lowest BCUT2D eigenvalue weighted by atomic mass is 9.99. The van der Waals surface area contributed by atoms with Crippen molar-refractivity contribution in [3.8, 4) is 5.75 Å². The number of ether oxygens (including phenoxy) is 1. The lowest BCUT2D eigenvalue weighted by molar-refractivity contribution is 0.0780. The summed E-state index contributed by atoms with van der Waals surface area (Å²) in [7, 11) is 1.85. The maximum atomic E-state index is 12.1. The summed E-state index contributed by atoms with van der Waals surface area (Å²) in [6.07, 6.45) is 4.48. The normalized spacial score (nSPS) is 21.9. The predicted octanol–water partition coefficient (Wildman–Crippen LogP) is 1.84. The van der Waals surface area contributed by atoms with Gasteiger partial charge in [0.1, 0.15) is 5.75 Å². The molecule has 0 saturated carbocycles. The first kappa shape index (κ1) is 13.4. The zero-order valence-electron chi connectivity index (χ0n) is 12.0. The zero-order valence-corrected chi connectivity index (χ0v) is 12.0. The molecule has 0 bridgehead atoms. The molecule has 1 unspecified atom stereocenters. The van der Waals surface area contributed by atoms with Crippen LogP contribution in [-0.4, -0.2) is 43.6 Å². The van der Waals surface area contributed by atoms with E-state index in [0.29, 0.717) is 12.6 Å². The summed E-state index contributed by atoms with van der Waals surface area (Å²) >= 11 is 0. The van der Waals surface area contributed by atoms with Crippen molar-refractivity contribution < 1.29 is 9.53 Å². The predicted molar refractivity (Wildman–Crippen MR) is 78.2 cm³/mol. The van der Waals surface area contributed by atoms with Gasteiger partial charge in [-0.05, 0) is 49.9 Å². The number of fused-ring (bicyclic) bond motifs is 1. The van der Waals surface area contributed by atoms with Gasteiger partial charge < -0.3 is 15.0 Å². The van der Waals surface area contributed by atoms with Crippen LogP contribution in [0.4, 0.5) is 0 Å². The molecule has 0 aromatic heterocycles. The first-order valence-electron chi connectivity index (χ1n) is 7.48. The fourth-order valence-corrected chi connectivity index (χ4v) is 2.98. The van der Waals surface area contributed by atoms with E-state index in [1.54, 1.807) is 4.90 Å². The highest BCUT2D eigenvalue weighted by atomic mass is 16.5. The van der Waals surface area contributed by atoms with Crippen LogP contribution in [0.15, 0.2) is 18.2 Å². The van der Waals surface area contributed by atoms with Crippen molar-refractivity contribution in [3.63, 3.8) is 0 Å². The third kappa shape index (κ3) is 2.80. The molecule has 0 spiro atoms. The Morgan fingerprint density at radius 2 is 2.35 bits per heavy atom. The minimum Gasteiger partial charge on any atom is -0.494 e. The van der Waals surface area contributed by atoms with Gasteiger partial charge in [0.15, 0.2) is 0 Å². The number of nitrogens with one attached hydrogen (secondary N) is 1. The van der Waals surface area contributed by atoms with E-state index < -0.39 is 0 Å². The van der Waals surface area contributed by atoms with Crippen LogP contribution in [0.2, 0.25) is 0 Å². The summed E-state index contributed by atoms with van der Waals surface area (Å²) < 4.78 is 5.81. The summed E-state index contributed by atoms with van der Waals surface area (Å²) in [6, 6.07) is 6.51. The maximum Gasteiger partial charge on any atom is 0.254 e. The Morgan fingerprint density at radius 3 is 3.15 bits per heavy atom. The van der Waals surface area contributed by atoms with Crippen molar-refractivity contribution in [1.82, 2.24) is 10.2 Å². The Kier molecular flexibility index (Phi) is 3.92. The quantitative estimate of drug-likeness (QED) is 0.911. The monoisotopic (exact) mass is 274 g/mol. The van der Waals surface area contributed by atoms with E-state index in [1.807, 2.05) is 25.2 Å². The summed E-state index contributed by atoms with van der Waals surface area (Å²) in [5.41, 5.74) is 1.94. The SMILES string of the molecule is CN1CCc2ccc(OCCC3CCCN3)cc2C1=O. The second-order valence-electron chi connectivity index (χ2n) is 5.73. The summed E-state index contributed by atoms with van der Waals surface area (Å²) in [6.45, 7) is 2.64. The topological polar surface area (TPSA) is 41.6 Å². The van der Waals surface area contributed by atoms with Gasteiger partial charge >= 0.3 is 0 Å². The molecule has 0 aliphatic carbocycles. The minimum atomic E-state index is 0.106. The molecule has 2 aliphatic heterocycles. The molecular weight excluding hydrogens is 252 g/mol. The van der Waals surface area contributed by atoms with Gasteiger partial charge in [-0.15, -0.1) is 0 Å². The van der Waals surface area contributed by atoms with Gasteiger partial charge in [0.05, 0.1) is 6.61 Å². The summed E-state index contributed by atoms with van der Waals surface area (Å²) in [4.78, 5) is 13.9. The zero-order chi connectivity index (χ0) is 13.9. The molecule has 1 N–H and O–H groups in total. The standard InChI is InChI=1S/C16H22N2O2/c1-18-9-6-12-4-5-14(11-15(12)16(18)19)20-10-7-13-3-2-8-17-13/h4-5,11,13,17H,2-3,6-10H2,1H3. The van der Waals surface area contributed by atoms with Crippen molar-refractivity contribution in [3.05, 3.63) is 29.3 Å². The molecule has 2 heterocycles. The number of carbonyl (C=O) groups excluding carboxylic acids is 1. The fourth-order valence-electron chi connectivity index (χ4n) is 2.98. The molecule has 0 radical (unpaired) electrons. The van der Waals surface area contributed by atoms with E-state index in [2.05, 4.69) is 5.32 Å². The van der Waals surface area contributed by atoms with E-state index in [-0.39, 0.29) is 5.91 Å². The molecule has 108 valence electrons. The van der Waals surface area contributed by atoms with E-state index in [0.717, 1.165) is 42.8 Å². The highest BCUT2D eigenvalue weighted by Crippen LogP contribution is 2.23. The van der Waals surface area contributed by atoms with Crippen LogP contribution in [0.3, 0.4) is 0 Å². The summed E-state index contributed by atoms with van der Waals surface area (Å²) in [5, 5.41) is 3.46. The van der Waals surface area contributed by atoms with E-state index in [1.165, 1.54) is 12.8 Å². The number of carbonyl (C=O) groups is 1. The number of benzene rings is 1. The minimum absolute atomic E-state index is 0.106. The van der Waals surface area contributed by atoms with Crippen molar-refractivity contribution in [2.75, 3.05) is 26.7 Å². The van der Waals surface area contributed by atoms with Crippen molar-refractivity contribution in [2.24, 2.45) is 0 Å². The molecule has 1 saturated heterocycles. The van der Waals surface area contributed by atoms with Crippen molar-refractivity contribution in [2.45, 2.75) is 31.7 Å². The van der Waals surface area contributed by atoms with E-state index in [4.69, 9.17) is 4.74 Å². The second kappa shape index (κ2) is 5.83. The molecule has 20 heavy (non-hydrogen) atoms. The third-order valence-corrected chi connectivity index (χ3v) is 4.27. The second-order valence-corrected chi connectivity index (χ2v) is 5.73. The Balaban J connectivity index is 1.61. The first-order valence-corrected chi connectivity index (χ1v) is 7.48. The lowest BCUT2D eigenvalue weighted by Crippen LogP contribution is -2.34. The Hall–Kier alpha value is -1.55. The van der Waals surface area contributed by atoms with Gasteiger partial charge in [-0.25, -0.2) is 0 Å². The molecule has 4 heteroatoms. The van der Waals surface area contributed by atoms with Crippen molar-refractivity contribution in [1.29, 1.82) is 0 Å². The van der Waals surface area contributed by atoms with Crippen LogP contribution in [0, 0.1) is 0 Å². The van der Waals surface area contributed by atoms with Crippen LogP contribution in [0.5, 0.6) is 5.75 Å². The number of rotatable bonds is 4. The molecule has 1 atom stereocenters. The van der Waals surface area contributed by atoms with Crippen LogP contribution in [-0.2, 0) is 6.42 Å². The van der Waals surface area contributed by atoms with Crippen LogP contribution in [0.25, 0.3) is 0 Å². The Labute approximate surface area is 120 Å². The average Bonchev–Trinajstić information content (AvgIpc) is 2.97. The van der Waals surface area contributed by atoms with Gasteiger partial charge in [0.25, 0.3) is 5.91 Å². The number of hydrogen-bond acceptors (Lipinski definition) is 3. The van der Waals surface area contributed by atoms with Crippen LogP contribution >= 0.6 is 0 Å². The van der Waals surface area contributed by atoms with Gasteiger partial charge in [-0.1, -0.05) is 6.07 Å². The number of hydrogen-bond donors (Lipinski definition) is 1. The lowest BCUT2D eigenvalue weighted by Gasteiger charge is -2.25. The maximum absolute atomic E-state index is 12.1.